The number of fused-ring (bicyclic) bond motifs is 1. The van der Waals surface area contributed by atoms with Crippen molar-refractivity contribution in [3.8, 4) is 0 Å². The molecule has 1 saturated heterocycles. The van der Waals surface area contributed by atoms with E-state index in [1.54, 1.807) is 0 Å². The maximum atomic E-state index is 11.3. The highest BCUT2D eigenvalue weighted by molar-refractivity contribution is 5.19. The zero-order valence-electron chi connectivity index (χ0n) is 13.0. The number of aliphatic hydroxyl groups is 1. The third kappa shape index (κ3) is 2.25. The molecule has 21 heavy (non-hydrogen) atoms. The lowest BCUT2D eigenvalue weighted by molar-refractivity contribution is -0.0544. The molecule has 0 amide bonds. The number of allylic oxidation sites excluding steroid dienone is 4. The molecule has 0 spiro atoms. The van der Waals surface area contributed by atoms with Gasteiger partial charge in [0, 0.05) is 10.8 Å². The highest BCUT2D eigenvalue weighted by atomic mass is 16.5. The minimum absolute atomic E-state index is 0.212. The van der Waals surface area contributed by atoms with Crippen LogP contribution >= 0.6 is 0 Å². The molecule has 0 aromatic carbocycles. The molecule has 1 heterocycles. The third-order valence-corrected chi connectivity index (χ3v) is 5.74. The summed E-state index contributed by atoms with van der Waals surface area (Å²) in [6, 6.07) is 0. The molecule has 2 rings (SSSR count). The van der Waals surface area contributed by atoms with E-state index in [-0.39, 0.29) is 10.8 Å². The molecular weight excluding hydrogens is 260 g/mol. The first kappa shape index (κ1) is 16.3. The van der Waals surface area contributed by atoms with Crippen molar-refractivity contribution in [2.24, 2.45) is 22.7 Å². The van der Waals surface area contributed by atoms with Crippen molar-refractivity contribution >= 4 is 0 Å². The monoisotopic (exact) mass is 288 g/mol. The lowest BCUT2D eigenvalue weighted by Crippen LogP contribution is -2.43. The van der Waals surface area contributed by atoms with Crippen molar-refractivity contribution in [1.29, 1.82) is 0 Å². The van der Waals surface area contributed by atoms with E-state index in [1.165, 1.54) is 0 Å². The quantitative estimate of drug-likeness (QED) is 0.686. The lowest BCUT2D eigenvalue weighted by Gasteiger charge is -2.41. The van der Waals surface area contributed by atoms with Crippen LogP contribution in [0.3, 0.4) is 0 Å². The van der Waals surface area contributed by atoms with Gasteiger partial charge in [0.1, 0.15) is 0 Å². The second-order valence-electron chi connectivity index (χ2n) is 6.59. The number of hydrogen-bond donors (Lipinski definition) is 1. The molecule has 2 nitrogen and oxygen atoms in total. The van der Waals surface area contributed by atoms with Crippen molar-refractivity contribution in [3.05, 3.63) is 50.6 Å². The van der Waals surface area contributed by atoms with Crippen molar-refractivity contribution in [1.82, 2.24) is 0 Å². The van der Waals surface area contributed by atoms with Gasteiger partial charge in [-0.1, -0.05) is 24.3 Å². The summed E-state index contributed by atoms with van der Waals surface area (Å²) in [6.07, 6.45) is 10.5. The molecule has 2 fully saturated rings. The van der Waals surface area contributed by atoms with Gasteiger partial charge in [0.2, 0.25) is 0 Å². The third-order valence-electron chi connectivity index (χ3n) is 5.74. The summed E-state index contributed by atoms with van der Waals surface area (Å²) in [6.45, 7) is 17.1. The van der Waals surface area contributed by atoms with Crippen molar-refractivity contribution in [2.45, 2.75) is 31.8 Å². The van der Waals surface area contributed by atoms with E-state index in [9.17, 15) is 5.11 Å². The normalized spacial score (nSPS) is 29.8. The topological polar surface area (TPSA) is 29.5 Å². The molecule has 2 heteroatoms. The van der Waals surface area contributed by atoms with E-state index in [2.05, 4.69) is 26.3 Å². The number of hydrogen-bond acceptors (Lipinski definition) is 2. The summed E-state index contributed by atoms with van der Waals surface area (Å²) in [5, 5.41) is 11.3. The van der Waals surface area contributed by atoms with Crippen LogP contribution in [-0.2, 0) is 4.74 Å². The number of aliphatic hydroxyl groups excluding tert-OH is 1. The van der Waals surface area contributed by atoms with E-state index >= 15 is 0 Å². The zero-order chi connectivity index (χ0) is 15.5. The van der Waals surface area contributed by atoms with Crippen LogP contribution in [0.25, 0.3) is 0 Å². The summed E-state index contributed by atoms with van der Waals surface area (Å²) in [5.41, 5.74) is -0.423. The molecule has 1 saturated carbocycles. The smallest absolute Gasteiger partial charge is 0.0671 e. The molecule has 1 aliphatic carbocycles. The van der Waals surface area contributed by atoms with Crippen LogP contribution in [-0.4, -0.2) is 24.4 Å². The second-order valence-corrected chi connectivity index (χ2v) is 6.59. The zero-order valence-corrected chi connectivity index (χ0v) is 13.0. The molecule has 1 aliphatic heterocycles. The van der Waals surface area contributed by atoms with Crippen LogP contribution in [0.4, 0.5) is 0 Å². The molecule has 0 aromatic heterocycles. The van der Waals surface area contributed by atoms with Gasteiger partial charge in [-0.3, -0.25) is 0 Å². The SMILES string of the molecule is C=CCC1(CC=C)C(O)C(CC=C)(CC=C)[C@@H]2COC[C@H]21. The standard InChI is InChI=1S/C19H28O2/c1-5-9-18(10-6-2)15-13-21-14-16(15)19(11-7-3,12-8-4)17(18)20/h5-8,15-17,20H,1-4,9-14H2/t15-,16-/m1/s1. The molecule has 0 aromatic rings. The number of rotatable bonds is 8. The maximum absolute atomic E-state index is 11.3. The van der Waals surface area contributed by atoms with Gasteiger partial charge in [-0.25, -0.2) is 0 Å². The Labute approximate surface area is 128 Å². The van der Waals surface area contributed by atoms with Gasteiger partial charge in [0.05, 0.1) is 19.3 Å². The van der Waals surface area contributed by atoms with Crippen molar-refractivity contribution < 1.29 is 9.84 Å². The molecule has 2 atom stereocenters. The first-order valence-electron chi connectivity index (χ1n) is 7.82. The summed E-state index contributed by atoms with van der Waals surface area (Å²) in [7, 11) is 0. The fourth-order valence-corrected chi connectivity index (χ4v) is 4.96. The number of ether oxygens (including phenoxy) is 1. The van der Waals surface area contributed by atoms with E-state index < -0.39 is 6.10 Å². The highest BCUT2D eigenvalue weighted by Crippen LogP contribution is 2.65. The first-order valence-corrected chi connectivity index (χ1v) is 7.82. The van der Waals surface area contributed by atoms with Crippen molar-refractivity contribution in [3.63, 3.8) is 0 Å². The Balaban J connectivity index is 2.52. The first-order chi connectivity index (χ1) is 10.1. The Morgan fingerprint density at radius 1 is 0.810 bits per heavy atom. The molecule has 0 radical (unpaired) electrons. The van der Waals surface area contributed by atoms with E-state index in [0.29, 0.717) is 11.8 Å². The fourth-order valence-electron chi connectivity index (χ4n) is 4.96. The van der Waals surface area contributed by atoms with Crippen molar-refractivity contribution in [2.75, 3.05) is 13.2 Å². The summed E-state index contributed by atoms with van der Waals surface area (Å²) in [4.78, 5) is 0. The minimum Gasteiger partial charge on any atom is -0.392 e. The molecule has 2 aliphatic rings. The average molecular weight is 288 g/mol. The summed E-state index contributed by atoms with van der Waals surface area (Å²) >= 11 is 0. The Hall–Kier alpha value is -1.12. The maximum Gasteiger partial charge on any atom is 0.0671 e. The largest absolute Gasteiger partial charge is 0.392 e. The molecule has 0 unspecified atom stereocenters. The Bertz CT molecular complexity index is 365. The summed E-state index contributed by atoms with van der Waals surface area (Å²) < 4.78 is 5.81. The predicted octanol–water partition coefficient (Wildman–Crippen LogP) is 3.90. The van der Waals surface area contributed by atoms with Crippen LogP contribution in [0.2, 0.25) is 0 Å². The highest BCUT2D eigenvalue weighted by Gasteiger charge is 2.66. The van der Waals surface area contributed by atoms with Gasteiger partial charge in [-0.05, 0) is 37.5 Å². The fraction of sp³-hybridized carbons (Fsp3) is 0.579. The minimum atomic E-state index is -0.407. The van der Waals surface area contributed by atoms with Gasteiger partial charge in [0.15, 0.2) is 0 Å². The van der Waals surface area contributed by atoms with Gasteiger partial charge in [0.25, 0.3) is 0 Å². The second kappa shape index (κ2) is 6.33. The Morgan fingerprint density at radius 2 is 1.14 bits per heavy atom. The average Bonchev–Trinajstić information content (AvgIpc) is 3.00. The van der Waals surface area contributed by atoms with Gasteiger partial charge >= 0.3 is 0 Å². The lowest BCUT2D eigenvalue weighted by atomic mass is 9.67. The van der Waals surface area contributed by atoms with E-state index in [4.69, 9.17) is 4.74 Å². The van der Waals surface area contributed by atoms with Crippen LogP contribution < -0.4 is 0 Å². The van der Waals surface area contributed by atoms with E-state index in [1.807, 2.05) is 24.3 Å². The molecule has 116 valence electrons. The van der Waals surface area contributed by atoms with Crippen LogP contribution in [0.15, 0.2) is 50.6 Å². The predicted molar refractivity (Wildman–Crippen MR) is 87.9 cm³/mol. The molecule has 0 bridgehead atoms. The van der Waals surface area contributed by atoms with Gasteiger partial charge < -0.3 is 9.84 Å². The molecule has 1 N–H and O–H groups in total. The summed E-state index contributed by atoms with van der Waals surface area (Å²) in [5.74, 6) is 0.701. The van der Waals surface area contributed by atoms with Crippen LogP contribution in [0, 0.1) is 22.7 Å². The van der Waals surface area contributed by atoms with Crippen LogP contribution in [0.1, 0.15) is 25.7 Å². The Kier molecular flexibility index (Phi) is 4.90. The van der Waals surface area contributed by atoms with Crippen LogP contribution in [0.5, 0.6) is 0 Å². The Morgan fingerprint density at radius 3 is 1.43 bits per heavy atom. The van der Waals surface area contributed by atoms with Gasteiger partial charge in [-0.2, -0.15) is 0 Å². The van der Waals surface area contributed by atoms with E-state index in [0.717, 1.165) is 38.9 Å². The molecular formula is C19H28O2. The van der Waals surface area contributed by atoms with Gasteiger partial charge in [-0.15, -0.1) is 26.3 Å².